The molecule has 0 unspecified atom stereocenters. The van der Waals surface area contributed by atoms with Gasteiger partial charge < -0.3 is 9.47 Å². The standard InChI is InChI=1S/C16H19BrO2/c17-16-6-3-15(4-7-16,5-8-16)12-1-2-13-14(11-12)19-10-9-18-13/h1-2,11H,3-10H2. The first-order valence-corrected chi connectivity index (χ1v) is 8.08. The minimum atomic E-state index is 0.394. The summed E-state index contributed by atoms with van der Waals surface area (Å²) in [5.41, 5.74) is 1.86. The maximum Gasteiger partial charge on any atom is 0.161 e. The average Bonchev–Trinajstić information content (AvgIpc) is 2.48. The van der Waals surface area contributed by atoms with Crippen LogP contribution in [-0.2, 0) is 5.41 Å². The van der Waals surface area contributed by atoms with Crippen molar-refractivity contribution in [2.75, 3.05) is 13.2 Å². The predicted molar refractivity (Wildman–Crippen MR) is 78.5 cm³/mol. The molecule has 5 rings (SSSR count). The van der Waals surface area contributed by atoms with Crippen molar-refractivity contribution in [2.45, 2.75) is 48.3 Å². The second kappa shape index (κ2) is 4.15. The molecule has 2 nitrogen and oxygen atoms in total. The van der Waals surface area contributed by atoms with Crippen LogP contribution in [0.5, 0.6) is 11.5 Å². The van der Waals surface area contributed by atoms with Crippen molar-refractivity contribution >= 4 is 15.9 Å². The number of benzene rings is 1. The van der Waals surface area contributed by atoms with Gasteiger partial charge in [0.15, 0.2) is 11.5 Å². The van der Waals surface area contributed by atoms with Crippen molar-refractivity contribution in [3.8, 4) is 11.5 Å². The van der Waals surface area contributed by atoms with E-state index in [9.17, 15) is 0 Å². The molecule has 3 saturated carbocycles. The lowest BCUT2D eigenvalue weighted by atomic mass is 9.58. The Hall–Kier alpha value is -0.700. The summed E-state index contributed by atoms with van der Waals surface area (Å²) >= 11 is 3.94. The van der Waals surface area contributed by atoms with Gasteiger partial charge in [-0.2, -0.15) is 0 Å². The molecule has 0 radical (unpaired) electrons. The van der Waals surface area contributed by atoms with E-state index in [0.29, 0.717) is 23.0 Å². The van der Waals surface area contributed by atoms with Gasteiger partial charge >= 0.3 is 0 Å². The summed E-state index contributed by atoms with van der Waals surface area (Å²) in [6, 6.07) is 6.60. The van der Waals surface area contributed by atoms with E-state index in [0.717, 1.165) is 11.5 Å². The lowest BCUT2D eigenvalue weighted by Crippen LogP contribution is -2.44. The van der Waals surface area contributed by atoms with Crippen molar-refractivity contribution in [3.05, 3.63) is 23.8 Å². The van der Waals surface area contributed by atoms with E-state index in [1.165, 1.54) is 44.1 Å². The van der Waals surface area contributed by atoms with E-state index in [2.05, 4.69) is 34.1 Å². The second-order valence-corrected chi connectivity index (χ2v) is 7.97. The third-order valence-electron chi connectivity index (χ3n) is 5.31. The molecule has 1 aromatic carbocycles. The van der Waals surface area contributed by atoms with Crippen LogP contribution in [0.15, 0.2) is 18.2 Å². The third kappa shape index (κ3) is 1.89. The maximum absolute atomic E-state index is 5.74. The lowest BCUT2D eigenvalue weighted by molar-refractivity contribution is 0.157. The first-order valence-electron chi connectivity index (χ1n) is 7.28. The molecule has 3 aliphatic carbocycles. The van der Waals surface area contributed by atoms with E-state index in [1.54, 1.807) is 0 Å². The lowest BCUT2D eigenvalue weighted by Gasteiger charge is -2.51. The highest BCUT2D eigenvalue weighted by molar-refractivity contribution is 9.10. The van der Waals surface area contributed by atoms with Crippen LogP contribution >= 0.6 is 15.9 Å². The second-order valence-electron chi connectivity index (χ2n) is 6.29. The molecule has 3 fully saturated rings. The summed E-state index contributed by atoms with van der Waals surface area (Å²) in [5, 5.41) is 0. The highest BCUT2D eigenvalue weighted by atomic mass is 79.9. The average molecular weight is 323 g/mol. The van der Waals surface area contributed by atoms with Gasteiger partial charge in [0.2, 0.25) is 0 Å². The minimum Gasteiger partial charge on any atom is -0.486 e. The van der Waals surface area contributed by atoms with E-state index in [4.69, 9.17) is 9.47 Å². The number of alkyl halides is 1. The largest absolute Gasteiger partial charge is 0.486 e. The Kier molecular flexibility index (Phi) is 2.63. The van der Waals surface area contributed by atoms with Crippen LogP contribution in [-0.4, -0.2) is 17.5 Å². The van der Waals surface area contributed by atoms with Crippen LogP contribution in [0.3, 0.4) is 0 Å². The third-order valence-corrected chi connectivity index (χ3v) is 6.50. The van der Waals surface area contributed by atoms with Crippen molar-refractivity contribution < 1.29 is 9.47 Å². The van der Waals surface area contributed by atoms with E-state index < -0.39 is 0 Å². The molecular weight excluding hydrogens is 304 g/mol. The Balaban J connectivity index is 1.69. The first kappa shape index (κ1) is 12.1. The summed E-state index contributed by atoms with van der Waals surface area (Å²) in [6.45, 7) is 1.34. The van der Waals surface area contributed by atoms with Crippen LogP contribution in [0.1, 0.15) is 44.1 Å². The topological polar surface area (TPSA) is 18.5 Å². The summed E-state index contributed by atoms with van der Waals surface area (Å²) < 4.78 is 11.8. The molecule has 1 aromatic rings. The molecule has 0 N–H and O–H groups in total. The number of fused-ring (bicyclic) bond motifs is 4. The molecule has 4 aliphatic rings. The van der Waals surface area contributed by atoms with Crippen LogP contribution < -0.4 is 9.47 Å². The molecule has 1 aliphatic heterocycles. The number of halogens is 1. The molecule has 0 aromatic heterocycles. The van der Waals surface area contributed by atoms with E-state index in [-0.39, 0.29) is 0 Å². The summed E-state index contributed by atoms with van der Waals surface area (Å²) in [4.78, 5) is 0. The van der Waals surface area contributed by atoms with Crippen molar-refractivity contribution in [2.24, 2.45) is 0 Å². The van der Waals surface area contributed by atoms with Crippen LogP contribution in [0.2, 0.25) is 0 Å². The van der Waals surface area contributed by atoms with Crippen LogP contribution in [0.25, 0.3) is 0 Å². The Morgan fingerprint density at radius 2 is 1.47 bits per heavy atom. The van der Waals surface area contributed by atoms with Gasteiger partial charge in [-0.3, -0.25) is 0 Å². The number of hydrogen-bond acceptors (Lipinski definition) is 2. The molecule has 1 heterocycles. The normalized spacial score (nSPS) is 36.3. The molecule has 19 heavy (non-hydrogen) atoms. The van der Waals surface area contributed by atoms with Gasteiger partial charge in [0, 0.05) is 4.32 Å². The smallest absolute Gasteiger partial charge is 0.161 e. The fraction of sp³-hybridized carbons (Fsp3) is 0.625. The highest BCUT2D eigenvalue weighted by Crippen LogP contribution is 2.57. The Morgan fingerprint density at radius 1 is 0.842 bits per heavy atom. The Labute approximate surface area is 122 Å². The zero-order chi connectivity index (χ0) is 12.9. The molecule has 0 saturated heterocycles. The van der Waals surface area contributed by atoms with Crippen molar-refractivity contribution in [1.82, 2.24) is 0 Å². The van der Waals surface area contributed by atoms with Crippen LogP contribution in [0, 0.1) is 0 Å². The quantitative estimate of drug-likeness (QED) is 0.721. The van der Waals surface area contributed by atoms with E-state index >= 15 is 0 Å². The fourth-order valence-electron chi connectivity index (χ4n) is 3.95. The van der Waals surface area contributed by atoms with Crippen LogP contribution in [0.4, 0.5) is 0 Å². The SMILES string of the molecule is BrC12CCC(c3ccc4c(c3)OCCO4)(CC1)CC2. The summed E-state index contributed by atoms with van der Waals surface area (Å²) in [6.07, 6.45) is 7.83. The van der Waals surface area contributed by atoms with Crippen molar-refractivity contribution in [3.63, 3.8) is 0 Å². The van der Waals surface area contributed by atoms with Gasteiger partial charge in [0.25, 0.3) is 0 Å². The van der Waals surface area contributed by atoms with E-state index in [1.807, 2.05) is 0 Å². The first-order chi connectivity index (χ1) is 9.19. The van der Waals surface area contributed by atoms with Gasteiger partial charge in [-0.1, -0.05) is 22.0 Å². The Bertz CT molecular complexity index is 487. The molecule has 102 valence electrons. The zero-order valence-corrected chi connectivity index (χ0v) is 12.7. The summed E-state index contributed by atoms with van der Waals surface area (Å²) in [7, 11) is 0. The van der Waals surface area contributed by atoms with Gasteiger partial charge in [-0.15, -0.1) is 0 Å². The zero-order valence-electron chi connectivity index (χ0n) is 11.1. The molecule has 3 heteroatoms. The molecule has 0 atom stereocenters. The van der Waals surface area contributed by atoms with Crippen molar-refractivity contribution in [1.29, 1.82) is 0 Å². The number of hydrogen-bond donors (Lipinski definition) is 0. The van der Waals surface area contributed by atoms with Gasteiger partial charge in [-0.25, -0.2) is 0 Å². The number of ether oxygens (including phenoxy) is 2. The molecular formula is C16H19BrO2. The Morgan fingerprint density at radius 3 is 2.16 bits per heavy atom. The minimum absolute atomic E-state index is 0.394. The number of rotatable bonds is 1. The monoisotopic (exact) mass is 322 g/mol. The fourth-order valence-corrected chi connectivity index (χ4v) is 4.54. The molecule has 0 spiro atoms. The summed E-state index contributed by atoms with van der Waals surface area (Å²) in [5.74, 6) is 1.85. The van der Waals surface area contributed by atoms with Gasteiger partial charge in [0.05, 0.1) is 0 Å². The predicted octanol–water partition coefficient (Wildman–Crippen LogP) is 4.20. The van der Waals surface area contributed by atoms with Gasteiger partial charge in [0.1, 0.15) is 13.2 Å². The molecule has 0 amide bonds. The van der Waals surface area contributed by atoms with Gasteiger partial charge in [-0.05, 0) is 61.6 Å². The maximum atomic E-state index is 5.74. The highest BCUT2D eigenvalue weighted by Gasteiger charge is 2.48. The molecule has 2 bridgehead atoms.